The van der Waals surface area contributed by atoms with E-state index in [2.05, 4.69) is 0 Å². The lowest BCUT2D eigenvalue weighted by atomic mass is 9.81. The van der Waals surface area contributed by atoms with Crippen molar-refractivity contribution in [3.63, 3.8) is 0 Å². The topological polar surface area (TPSA) is 42.0 Å². The Morgan fingerprint density at radius 1 is 1.53 bits per heavy atom. The van der Waals surface area contributed by atoms with Gasteiger partial charge in [-0.1, -0.05) is 0 Å². The highest BCUT2D eigenvalue weighted by atomic mass is 16.5. The molecule has 2 rings (SSSR count). The monoisotopic (exact) mass is 242 g/mol. The number of amides is 2. The minimum Gasteiger partial charge on any atom is -0.381 e. The number of hydrogen-bond acceptors (Lipinski definition) is 3. The molecule has 17 heavy (non-hydrogen) atoms. The predicted octanol–water partition coefficient (Wildman–Crippen LogP) is 0.795. The number of rotatable bonds is 3. The second kappa shape index (κ2) is 4.82. The normalized spacial score (nSPS) is 26.1. The zero-order valence-corrected chi connectivity index (χ0v) is 10.9. The van der Waals surface area contributed by atoms with E-state index in [1.165, 1.54) is 0 Å². The summed E-state index contributed by atoms with van der Waals surface area (Å²) in [6.07, 6.45) is 1.05. The molecule has 0 N–H and O–H groups in total. The van der Waals surface area contributed by atoms with Crippen LogP contribution in [0, 0.1) is 5.92 Å². The van der Waals surface area contributed by atoms with Gasteiger partial charge < -0.3 is 19.3 Å². The minimum absolute atomic E-state index is 0.0706. The molecule has 2 heterocycles. The highest BCUT2D eigenvalue weighted by Gasteiger charge is 2.54. The van der Waals surface area contributed by atoms with E-state index in [1.807, 2.05) is 11.8 Å². The minimum atomic E-state index is -0.124. The average Bonchev–Trinajstić information content (AvgIpc) is 2.66. The number of urea groups is 1. The van der Waals surface area contributed by atoms with E-state index in [1.54, 1.807) is 19.0 Å². The van der Waals surface area contributed by atoms with Gasteiger partial charge in [0.15, 0.2) is 0 Å². The molecule has 98 valence electrons. The standard InChI is InChI=1S/C12H22N2O3/c1-4-16-7-10-5-6-17-12(10)8-14(9-12)11(15)13(2)3/h10H,4-9H2,1-3H3/t10-/m1/s1. The van der Waals surface area contributed by atoms with Gasteiger partial charge in [-0.15, -0.1) is 0 Å². The van der Waals surface area contributed by atoms with E-state index in [9.17, 15) is 4.79 Å². The first-order chi connectivity index (χ1) is 8.09. The van der Waals surface area contributed by atoms with E-state index in [4.69, 9.17) is 9.47 Å². The molecule has 0 aromatic rings. The zero-order valence-electron chi connectivity index (χ0n) is 10.9. The smallest absolute Gasteiger partial charge is 0.319 e. The summed E-state index contributed by atoms with van der Waals surface area (Å²) < 4.78 is 11.4. The van der Waals surface area contributed by atoms with E-state index in [-0.39, 0.29) is 11.6 Å². The Morgan fingerprint density at radius 2 is 2.24 bits per heavy atom. The Kier molecular flexibility index (Phi) is 3.58. The number of likely N-dealkylation sites (tertiary alicyclic amines) is 1. The van der Waals surface area contributed by atoms with Gasteiger partial charge in [0.2, 0.25) is 0 Å². The van der Waals surface area contributed by atoms with Crippen LogP contribution in [0.1, 0.15) is 13.3 Å². The molecule has 0 bridgehead atoms. The number of nitrogens with zero attached hydrogens (tertiary/aromatic N) is 2. The fourth-order valence-electron chi connectivity index (χ4n) is 2.65. The molecule has 1 atom stereocenters. The van der Waals surface area contributed by atoms with E-state index in [0.29, 0.717) is 19.0 Å². The molecule has 2 fully saturated rings. The van der Waals surface area contributed by atoms with Gasteiger partial charge >= 0.3 is 6.03 Å². The summed E-state index contributed by atoms with van der Waals surface area (Å²) in [6, 6.07) is 0.0706. The highest BCUT2D eigenvalue weighted by molar-refractivity contribution is 5.75. The Bertz CT molecular complexity index is 287. The van der Waals surface area contributed by atoms with Crippen LogP contribution in [-0.4, -0.2) is 68.4 Å². The Labute approximate surface area is 103 Å². The SMILES string of the molecule is CCOC[C@H]1CCOC12CN(C(=O)N(C)C)C2. The van der Waals surface area contributed by atoms with Gasteiger partial charge in [-0.05, 0) is 13.3 Å². The fourth-order valence-corrected chi connectivity index (χ4v) is 2.65. The van der Waals surface area contributed by atoms with Crippen molar-refractivity contribution >= 4 is 6.03 Å². The van der Waals surface area contributed by atoms with Crippen LogP contribution < -0.4 is 0 Å². The second-order valence-corrected chi connectivity index (χ2v) is 5.09. The lowest BCUT2D eigenvalue weighted by Gasteiger charge is -2.50. The zero-order chi connectivity index (χ0) is 12.5. The molecule has 0 unspecified atom stereocenters. The highest BCUT2D eigenvalue weighted by Crippen LogP contribution is 2.40. The first-order valence-electron chi connectivity index (χ1n) is 6.27. The van der Waals surface area contributed by atoms with E-state index in [0.717, 1.165) is 26.2 Å². The van der Waals surface area contributed by atoms with Crippen molar-refractivity contribution in [3.8, 4) is 0 Å². The first-order valence-corrected chi connectivity index (χ1v) is 6.27. The third-order valence-electron chi connectivity index (χ3n) is 3.69. The summed E-state index contributed by atoms with van der Waals surface area (Å²) in [6.45, 7) is 5.71. The molecule has 5 heteroatoms. The molecular weight excluding hydrogens is 220 g/mol. The van der Waals surface area contributed by atoms with Crippen LogP contribution in [0.25, 0.3) is 0 Å². The number of carbonyl (C=O) groups excluding carboxylic acids is 1. The third-order valence-corrected chi connectivity index (χ3v) is 3.69. The summed E-state index contributed by atoms with van der Waals surface area (Å²) in [5.41, 5.74) is -0.124. The molecule has 5 nitrogen and oxygen atoms in total. The molecule has 2 amide bonds. The van der Waals surface area contributed by atoms with Crippen molar-refractivity contribution in [2.45, 2.75) is 18.9 Å². The van der Waals surface area contributed by atoms with Gasteiger partial charge in [-0.3, -0.25) is 0 Å². The van der Waals surface area contributed by atoms with Crippen molar-refractivity contribution < 1.29 is 14.3 Å². The van der Waals surface area contributed by atoms with Gasteiger partial charge in [-0.25, -0.2) is 4.79 Å². The molecule has 1 spiro atoms. The van der Waals surface area contributed by atoms with Crippen molar-refractivity contribution in [1.82, 2.24) is 9.80 Å². The lowest BCUT2D eigenvalue weighted by Crippen LogP contribution is -2.67. The van der Waals surface area contributed by atoms with Crippen LogP contribution in [0.4, 0.5) is 4.79 Å². The molecule has 0 aromatic carbocycles. The molecule has 0 saturated carbocycles. The summed E-state index contributed by atoms with van der Waals surface area (Å²) in [5.74, 6) is 0.439. The maximum Gasteiger partial charge on any atom is 0.319 e. The van der Waals surface area contributed by atoms with Crippen molar-refractivity contribution in [2.24, 2.45) is 5.92 Å². The van der Waals surface area contributed by atoms with Crippen LogP contribution in [0.2, 0.25) is 0 Å². The Hall–Kier alpha value is -0.810. The van der Waals surface area contributed by atoms with Gasteiger partial charge in [0.25, 0.3) is 0 Å². The molecular formula is C12H22N2O3. The second-order valence-electron chi connectivity index (χ2n) is 5.09. The summed E-state index contributed by atoms with van der Waals surface area (Å²) in [7, 11) is 3.56. The van der Waals surface area contributed by atoms with Crippen LogP contribution in [0.3, 0.4) is 0 Å². The average molecular weight is 242 g/mol. The summed E-state index contributed by atoms with van der Waals surface area (Å²) >= 11 is 0. The summed E-state index contributed by atoms with van der Waals surface area (Å²) in [5, 5.41) is 0. The number of ether oxygens (including phenoxy) is 2. The molecule has 0 radical (unpaired) electrons. The van der Waals surface area contributed by atoms with Crippen molar-refractivity contribution in [3.05, 3.63) is 0 Å². The van der Waals surface area contributed by atoms with E-state index >= 15 is 0 Å². The Balaban J connectivity index is 1.88. The maximum atomic E-state index is 11.8. The van der Waals surface area contributed by atoms with Crippen LogP contribution in [0.15, 0.2) is 0 Å². The van der Waals surface area contributed by atoms with Crippen molar-refractivity contribution in [1.29, 1.82) is 0 Å². The molecule has 0 aliphatic carbocycles. The predicted molar refractivity (Wildman–Crippen MR) is 63.9 cm³/mol. The molecule has 2 aliphatic heterocycles. The van der Waals surface area contributed by atoms with Gasteiger partial charge in [0, 0.05) is 33.2 Å². The molecule has 2 aliphatic rings. The van der Waals surface area contributed by atoms with Crippen LogP contribution in [-0.2, 0) is 9.47 Å². The summed E-state index contributed by atoms with van der Waals surface area (Å²) in [4.78, 5) is 15.2. The third kappa shape index (κ3) is 2.26. The van der Waals surface area contributed by atoms with Gasteiger partial charge in [0.05, 0.1) is 19.7 Å². The van der Waals surface area contributed by atoms with E-state index < -0.39 is 0 Å². The largest absolute Gasteiger partial charge is 0.381 e. The lowest BCUT2D eigenvalue weighted by molar-refractivity contribution is -0.127. The molecule has 0 aromatic heterocycles. The quantitative estimate of drug-likeness (QED) is 0.735. The number of carbonyl (C=O) groups is 1. The molecule has 2 saturated heterocycles. The number of hydrogen-bond donors (Lipinski definition) is 0. The Morgan fingerprint density at radius 3 is 2.82 bits per heavy atom. The maximum absolute atomic E-state index is 11.8. The van der Waals surface area contributed by atoms with Crippen LogP contribution in [0.5, 0.6) is 0 Å². The van der Waals surface area contributed by atoms with Gasteiger partial charge in [-0.2, -0.15) is 0 Å². The fraction of sp³-hybridized carbons (Fsp3) is 0.917. The van der Waals surface area contributed by atoms with Crippen molar-refractivity contribution in [2.75, 3.05) is 47.0 Å². The van der Waals surface area contributed by atoms with Gasteiger partial charge in [0.1, 0.15) is 5.60 Å². The van der Waals surface area contributed by atoms with Crippen LogP contribution >= 0.6 is 0 Å². The first kappa shape index (κ1) is 12.6.